The minimum atomic E-state index is -0.880. The minimum Gasteiger partial charge on any atom is -0.481 e. The molecule has 102 valence electrons. The Labute approximate surface area is 116 Å². The number of fused-ring (bicyclic) bond motifs is 1. The van der Waals surface area contributed by atoms with Crippen LogP contribution in [0.2, 0.25) is 0 Å². The number of rotatable bonds is 3. The first-order valence-electron chi connectivity index (χ1n) is 6.57. The van der Waals surface area contributed by atoms with Gasteiger partial charge in [-0.1, -0.05) is 36.4 Å². The fourth-order valence-corrected chi connectivity index (χ4v) is 2.61. The highest BCUT2D eigenvalue weighted by Crippen LogP contribution is 2.41. The van der Waals surface area contributed by atoms with Gasteiger partial charge >= 0.3 is 5.97 Å². The molecule has 0 heterocycles. The monoisotopic (exact) mass is 269 g/mol. The number of hydrogen-bond donors (Lipinski definition) is 1. The summed E-state index contributed by atoms with van der Waals surface area (Å²) < 4.78 is 0. The van der Waals surface area contributed by atoms with Crippen molar-refractivity contribution in [3.05, 3.63) is 42.5 Å². The number of nitrogens with zero attached hydrogens (tertiary/aromatic N) is 1. The first-order valence-corrected chi connectivity index (χ1v) is 6.57. The van der Waals surface area contributed by atoms with Gasteiger partial charge in [0.2, 0.25) is 5.91 Å². The van der Waals surface area contributed by atoms with Gasteiger partial charge in [0.05, 0.1) is 17.5 Å². The van der Waals surface area contributed by atoms with Crippen molar-refractivity contribution in [1.29, 1.82) is 0 Å². The maximum absolute atomic E-state index is 12.3. The lowest BCUT2D eigenvalue weighted by atomic mass is 10.1. The zero-order valence-electron chi connectivity index (χ0n) is 11.1. The number of amides is 1. The predicted molar refractivity (Wildman–Crippen MR) is 76.6 cm³/mol. The van der Waals surface area contributed by atoms with Crippen molar-refractivity contribution in [3.8, 4) is 0 Å². The van der Waals surface area contributed by atoms with E-state index in [1.54, 1.807) is 11.9 Å². The van der Waals surface area contributed by atoms with Crippen LogP contribution in [0.3, 0.4) is 0 Å². The lowest BCUT2D eigenvalue weighted by Gasteiger charge is -2.19. The van der Waals surface area contributed by atoms with Crippen molar-refractivity contribution >= 4 is 28.3 Å². The average Bonchev–Trinajstić information content (AvgIpc) is 3.26. The van der Waals surface area contributed by atoms with Gasteiger partial charge in [-0.3, -0.25) is 9.59 Å². The Morgan fingerprint density at radius 1 is 1.10 bits per heavy atom. The summed E-state index contributed by atoms with van der Waals surface area (Å²) in [6.07, 6.45) is 0.448. The SMILES string of the molecule is CN(C(=O)C1CC1C(=O)O)c1cccc2ccccc12. The van der Waals surface area contributed by atoms with E-state index in [0.29, 0.717) is 6.42 Å². The van der Waals surface area contributed by atoms with Gasteiger partial charge in [0, 0.05) is 12.4 Å². The summed E-state index contributed by atoms with van der Waals surface area (Å²) in [5, 5.41) is 11.0. The Balaban J connectivity index is 1.91. The van der Waals surface area contributed by atoms with E-state index < -0.39 is 11.9 Å². The Morgan fingerprint density at radius 3 is 2.50 bits per heavy atom. The summed E-state index contributed by atoms with van der Waals surface area (Å²) >= 11 is 0. The third kappa shape index (κ3) is 2.03. The quantitative estimate of drug-likeness (QED) is 0.931. The number of carbonyl (C=O) groups is 2. The van der Waals surface area contributed by atoms with E-state index in [9.17, 15) is 9.59 Å². The molecule has 1 saturated carbocycles. The molecule has 0 aromatic heterocycles. The molecule has 1 fully saturated rings. The molecule has 0 saturated heterocycles. The zero-order valence-corrected chi connectivity index (χ0v) is 11.1. The second-order valence-corrected chi connectivity index (χ2v) is 5.18. The highest BCUT2D eigenvalue weighted by molar-refractivity contribution is 6.06. The molecule has 0 bridgehead atoms. The summed E-state index contributed by atoms with van der Waals surface area (Å²) in [6, 6.07) is 13.6. The predicted octanol–water partition coefficient (Wildman–Crippen LogP) is 2.52. The lowest BCUT2D eigenvalue weighted by molar-refractivity contribution is -0.139. The van der Waals surface area contributed by atoms with Crippen molar-refractivity contribution in [2.45, 2.75) is 6.42 Å². The summed E-state index contributed by atoms with van der Waals surface area (Å²) in [7, 11) is 1.71. The summed E-state index contributed by atoms with van der Waals surface area (Å²) in [6.45, 7) is 0. The Morgan fingerprint density at radius 2 is 1.80 bits per heavy atom. The molecular formula is C16H15NO3. The molecule has 2 unspecified atom stereocenters. The van der Waals surface area contributed by atoms with E-state index in [1.807, 2.05) is 42.5 Å². The maximum Gasteiger partial charge on any atom is 0.307 e. The molecule has 0 spiro atoms. The number of carbonyl (C=O) groups excluding carboxylic acids is 1. The van der Waals surface area contributed by atoms with Crippen LogP contribution in [0.1, 0.15) is 6.42 Å². The molecule has 1 N–H and O–H groups in total. The number of benzene rings is 2. The molecule has 0 radical (unpaired) electrons. The van der Waals surface area contributed by atoms with Crippen molar-refractivity contribution < 1.29 is 14.7 Å². The van der Waals surface area contributed by atoms with Crippen LogP contribution in [0, 0.1) is 11.8 Å². The molecule has 1 amide bonds. The standard InChI is InChI=1S/C16H15NO3/c1-17(15(18)12-9-13(12)16(19)20)14-8-4-6-10-5-2-3-7-11(10)14/h2-8,12-13H,9H2,1H3,(H,19,20). The van der Waals surface area contributed by atoms with E-state index in [0.717, 1.165) is 16.5 Å². The van der Waals surface area contributed by atoms with Crippen molar-refractivity contribution in [1.82, 2.24) is 0 Å². The fourth-order valence-electron chi connectivity index (χ4n) is 2.61. The average molecular weight is 269 g/mol. The van der Waals surface area contributed by atoms with E-state index in [-0.39, 0.29) is 11.8 Å². The van der Waals surface area contributed by atoms with Crippen molar-refractivity contribution in [2.75, 3.05) is 11.9 Å². The van der Waals surface area contributed by atoms with E-state index in [4.69, 9.17) is 5.11 Å². The van der Waals surface area contributed by atoms with Gasteiger partial charge in [-0.2, -0.15) is 0 Å². The third-order valence-corrected chi connectivity index (χ3v) is 3.88. The zero-order chi connectivity index (χ0) is 14.3. The molecule has 4 heteroatoms. The van der Waals surface area contributed by atoms with Gasteiger partial charge in [0.1, 0.15) is 0 Å². The van der Waals surface area contributed by atoms with E-state index in [2.05, 4.69) is 0 Å². The smallest absolute Gasteiger partial charge is 0.307 e. The number of carboxylic acid groups (broad SMARTS) is 1. The molecule has 0 aliphatic heterocycles. The Hall–Kier alpha value is -2.36. The van der Waals surface area contributed by atoms with Crippen LogP contribution in [0.15, 0.2) is 42.5 Å². The van der Waals surface area contributed by atoms with Crippen LogP contribution in [-0.2, 0) is 9.59 Å². The molecule has 4 nitrogen and oxygen atoms in total. The number of carboxylic acids is 1. The summed E-state index contributed by atoms with van der Waals surface area (Å²) in [4.78, 5) is 24.8. The van der Waals surface area contributed by atoms with Gasteiger partial charge < -0.3 is 10.0 Å². The number of anilines is 1. The normalized spacial score (nSPS) is 20.6. The molecule has 2 aromatic rings. The third-order valence-electron chi connectivity index (χ3n) is 3.88. The van der Waals surface area contributed by atoms with Gasteiger partial charge in [0.25, 0.3) is 0 Å². The van der Waals surface area contributed by atoms with Crippen molar-refractivity contribution in [2.24, 2.45) is 11.8 Å². The summed E-state index contributed by atoms with van der Waals surface area (Å²) in [5.74, 6) is -1.89. The molecule has 2 atom stereocenters. The van der Waals surface area contributed by atoms with Crippen LogP contribution in [0.5, 0.6) is 0 Å². The Bertz CT molecular complexity index is 690. The van der Waals surface area contributed by atoms with Crippen LogP contribution < -0.4 is 4.90 Å². The maximum atomic E-state index is 12.3. The number of aliphatic carboxylic acids is 1. The largest absolute Gasteiger partial charge is 0.481 e. The second kappa shape index (κ2) is 4.63. The van der Waals surface area contributed by atoms with Crippen LogP contribution in [0.4, 0.5) is 5.69 Å². The van der Waals surface area contributed by atoms with Gasteiger partial charge in [0.15, 0.2) is 0 Å². The topological polar surface area (TPSA) is 57.6 Å². The van der Waals surface area contributed by atoms with Crippen LogP contribution in [0.25, 0.3) is 10.8 Å². The molecular weight excluding hydrogens is 254 g/mol. The highest BCUT2D eigenvalue weighted by Gasteiger charge is 2.49. The first kappa shape index (κ1) is 12.7. The minimum absolute atomic E-state index is 0.117. The van der Waals surface area contributed by atoms with Gasteiger partial charge in [-0.15, -0.1) is 0 Å². The molecule has 1 aliphatic carbocycles. The highest BCUT2D eigenvalue weighted by atomic mass is 16.4. The molecule has 1 aliphatic rings. The van der Waals surface area contributed by atoms with Gasteiger partial charge in [-0.25, -0.2) is 0 Å². The molecule has 3 rings (SSSR count). The fraction of sp³-hybridized carbons (Fsp3) is 0.250. The van der Waals surface area contributed by atoms with Crippen molar-refractivity contribution in [3.63, 3.8) is 0 Å². The van der Waals surface area contributed by atoms with Crippen LogP contribution >= 0.6 is 0 Å². The first-order chi connectivity index (χ1) is 9.59. The Kier molecular flexibility index (Phi) is 2.93. The molecule has 20 heavy (non-hydrogen) atoms. The van der Waals surface area contributed by atoms with E-state index >= 15 is 0 Å². The van der Waals surface area contributed by atoms with Gasteiger partial charge in [-0.05, 0) is 17.9 Å². The second-order valence-electron chi connectivity index (χ2n) is 5.18. The molecule has 2 aromatic carbocycles. The lowest BCUT2D eigenvalue weighted by Crippen LogP contribution is -2.29. The number of hydrogen-bond acceptors (Lipinski definition) is 2. The summed E-state index contributed by atoms with van der Waals surface area (Å²) in [5.41, 5.74) is 0.823. The van der Waals surface area contributed by atoms with Crippen LogP contribution in [-0.4, -0.2) is 24.0 Å². The van der Waals surface area contributed by atoms with E-state index in [1.165, 1.54) is 0 Å².